The molecule has 10 heteroatoms. The number of aromatic nitrogens is 2. The average Bonchev–Trinajstić information content (AvgIpc) is 2.76. The summed E-state index contributed by atoms with van der Waals surface area (Å²) < 4.78 is 25.3. The predicted molar refractivity (Wildman–Crippen MR) is 81.6 cm³/mol. The second-order valence-corrected chi connectivity index (χ2v) is 7.09. The zero-order valence-electron chi connectivity index (χ0n) is 11.3. The van der Waals surface area contributed by atoms with Crippen LogP contribution in [0.1, 0.15) is 16.6 Å². The molecule has 0 saturated heterocycles. The number of nitrogens with one attached hydrogen (secondary N) is 2. The second kappa shape index (κ2) is 6.33. The molecule has 0 spiro atoms. The molecule has 2 heterocycles. The Kier molecular flexibility index (Phi) is 4.70. The molecule has 2 aromatic rings. The van der Waals surface area contributed by atoms with Gasteiger partial charge in [0.2, 0.25) is 10.0 Å². The number of amides is 1. The fourth-order valence-corrected chi connectivity index (χ4v) is 3.62. The number of hydrogen-bond acceptors (Lipinski definition) is 7. The van der Waals surface area contributed by atoms with Crippen LogP contribution >= 0.6 is 11.3 Å². The van der Waals surface area contributed by atoms with Crippen molar-refractivity contribution in [2.75, 3.05) is 24.6 Å². The van der Waals surface area contributed by atoms with Crippen molar-refractivity contribution in [1.82, 2.24) is 20.2 Å². The van der Waals surface area contributed by atoms with Crippen LogP contribution in [-0.2, 0) is 10.0 Å². The molecule has 21 heavy (non-hydrogen) atoms. The Morgan fingerprint density at radius 1 is 1.48 bits per heavy atom. The largest absolute Gasteiger partial charge is 0.397 e. The number of carbonyl (C=O) groups is 1. The molecule has 0 bridgehead atoms. The lowest BCUT2D eigenvalue weighted by atomic mass is 10.3. The number of nitrogens with zero attached hydrogens (tertiary/aromatic N) is 2. The van der Waals surface area contributed by atoms with Crippen LogP contribution < -0.4 is 15.8 Å². The Hall–Kier alpha value is -1.78. The summed E-state index contributed by atoms with van der Waals surface area (Å²) in [5.74, 6) is -0.598. The standard InChI is InChI=1S/C11H15N5O3S2/c1-2-15-21(18,19)6-5-13-10(17)9-8(12)7-3-4-14-16-11(7)20-9/h3-4,15H,2,5-6,12H2,1H3,(H,13,17). The van der Waals surface area contributed by atoms with Crippen molar-refractivity contribution in [2.45, 2.75) is 6.92 Å². The number of fused-ring (bicyclic) bond motifs is 1. The third-order valence-electron chi connectivity index (χ3n) is 2.65. The normalized spacial score (nSPS) is 11.7. The Bertz CT molecular complexity index is 756. The van der Waals surface area contributed by atoms with Crippen LogP contribution in [0, 0.1) is 0 Å². The molecular formula is C11H15N5O3S2. The number of nitrogens with two attached hydrogens (primary N) is 1. The van der Waals surface area contributed by atoms with Crippen molar-refractivity contribution in [1.29, 1.82) is 0 Å². The summed E-state index contributed by atoms with van der Waals surface area (Å²) in [5, 5.41) is 10.8. The molecule has 0 radical (unpaired) electrons. The average molecular weight is 329 g/mol. The quantitative estimate of drug-likeness (QED) is 0.681. The lowest BCUT2D eigenvalue weighted by Gasteiger charge is -2.06. The van der Waals surface area contributed by atoms with Crippen LogP contribution in [-0.4, -0.2) is 43.4 Å². The number of hydrogen-bond donors (Lipinski definition) is 3. The summed E-state index contributed by atoms with van der Waals surface area (Å²) >= 11 is 1.12. The van der Waals surface area contributed by atoms with E-state index in [1.165, 1.54) is 6.20 Å². The zero-order valence-corrected chi connectivity index (χ0v) is 12.9. The van der Waals surface area contributed by atoms with Gasteiger partial charge in [0.25, 0.3) is 5.91 Å². The van der Waals surface area contributed by atoms with E-state index in [-0.39, 0.29) is 12.3 Å². The van der Waals surface area contributed by atoms with Crippen molar-refractivity contribution < 1.29 is 13.2 Å². The molecule has 0 aliphatic heterocycles. The second-order valence-electron chi connectivity index (χ2n) is 4.17. The first-order valence-corrected chi connectivity index (χ1v) is 8.66. The third kappa shape index (κ3) is 3.65. The lowest BCUT2D eigenvalue weighted by Crippen LogP contribution is -2.34. The molecule has 0 atom stereocenters. The van der Waals surface area contributed by atoms with E-state index in [4.69, 9.17) is 5.73 Å². The molecule has 8 nitrogen and oxygen atoms in total. The smallest absolute Gasteiger partial charge is 0.263 e. The molecule has 114 valence electrons. The van der Waals surface area contributed by atoms with Crippen LogP contribution in [0.3, 0.4) is 0 Å². The predicted octanol–water partition coefficient (Wildman–Crippen LogP) is -0.0574. The summed E-state index contributed by atoms with van der Waals surface area (Å²) in [6, 6.07) is 1.68. The van der Waals surface area contributed by atoms with E-state index in [1.54, 1.807) is 13.0 Å². The fraction of sp³-hybridized carbons (Fsp3) is 0.364. The van der Waals surface area contributed by atoms with E-state index in [0.717, 1.165) is 11.3 Å². The Labute approximate surface area is 125 Å². The van der Waals surface area contributed by atoms with Gasteiger partial charge >= 0.3 is 0 Å². The topological polar surface area (TPSA) is 127 Å². The number of anilines is 1. The number of sulfonamides is 1. The summed E-state index contributed by atoms with van der Waals surface area (Å²) in [7, 11) is -3.36. The van der Waals surface area contributed by atoms with Gasteiger partial charge in [-0.3, -0.25) is 4.79 Å². The minimum absolute atomic E-state index is 0.00747. The maximum atomic E-state index is 12.0. The summed E-state index contributed by atoms with van der Waals surface area (Å²) in [6.45, 7) is 2.01. The highest BCUT2D eigenvalue weighted by molar-refractivity contribution is 7.89. The molecule has 0 saturated carbocycles. The molecular weight excluding hydrogens is 314 g/mol. The van der Waals surface area contributed by atoms with Crippen LogP contribution in [0.15, 0.2) is 12.3 Å². The van der Waals surface area contributed by atoms with Crippen LogP contribution in [0.5, 0.6) is 0 Å². The number of rotatable bonds is 6. The Morgan fingerprint density at radius 3 is 2.90 bits per heavy atom. The van der Waals surface area contributed by atoms with E-state index in [0.29, 0.717) is 27.3 Å². The number of thiophene rings is 1. The van der Waals surface area contributed by atoms with Crippen molar-refractivity contribution in [3.63, 3.8) is 0 Å². The van der Waals surface area contributed by atoms with Gasteiger partial charge in [-0.2, -0.15) is 5.10 Å². The van der Waals surface area contributed by atoms with Crippen molar-refractivity contribution in [3.05, 3.63) is 17.1 Å². The first-order valence-electron chi connectivity index (χ1n) is 6.20. The van der Waals surface area contributed by atoms with Gasteiger partial charge in [0.1, 0.15) is 9.71 Å². The Morgan fingerprint density at radius 2 is 2.24 bits per heavy atom. The van der Waals surface area contributed by atoms with Gasteiger partial charge in [-0.15, -0.1) is 16.4 Å². The molecule has 0 aliphatic carbocycles. The van der Waals surface area contributed by atoms with Gasteiger partial charge < -0.3 is 11.1 Å². The molecule has 0 aromatic carbocycles. The van der Waals surface area contributed by atoms with E-state index >= 15 is 0 Å². The molecule has 2 aromatic heterocycles. The van der Waals surface area contributed by atoms with E-state index in [2.05, 4.69) is 20.2 Å². The minimum Gasteiger partial charge on any atom is -0.397 e. The zero-order chi connectivity index (χ0) is 15.5. The van der Waals surface area contributed by atoms with Crippen molar-refractivity contribution >= 4 is 43.2 Å². The first kappa shape index (κ1) is 15.6. The first-order chi connectivity index (χ1) is 9.94. The van der Waals surface area contributed by atoms with Gasteiger partial charge in [0.15, 0.2) is 0 Å². The highest BCUT2D eigenvalue weighted by Crippen LogP contribution is 2.31. The van der Waals surface area contributed by atoms with Gasteiger partial charge in [-0.1, -0.05) is 6.92 Å². The van der Waals surface area contributed by atoms with Gasteiger partial charge in [0, 0.05) is 18.5 Å². The molecule has 1 amide bonds. The summed E-state index contributed by atoms with van der Waals surface area (Å²) in [4.78, 5) is 12.9. The van der Waals surface area contributed by atoms with E-state index < -0.39 is 15.9 Å². The summed E-state index contributed by atoms with van der Waals surface area (Å²) in [5.41, 5.74) is 6.23. The molecule has 0 unspecified atom stereocenters. The van der Waals surface area contributed by atoms with Gasteiger partial charge in [0.05, 0.1) is 17.6 Å². The van der Waals surface area contributed by atoms with Crippen LogP contribution in [0.25, 0.3) is 10.2 Å². The Balaban J connectivity index is 2.04. The highest BCUT2D eigenvalue weighted by atomic mass is 32.2. The maximum Gasteiger partial charge on any atom is 0.263 e. The van der Waals surface area contributed by atoms with E-state index in [9.17, 15) is 13.2 Å². The van der Waals surface area contributed by atoms with Crippen molar-refractivity contribution in [2.24, 2.45) is 0 Å². The monoisotopic (exact) mass is 329 g/mol. The molecule has 4 N–H and O–H groups in total. The molecule has 0 aliphatic rings. The minimum atomic E-state index is -3.36. The SMILES string of the molecule is CCNS(=O)(=O)CCNC(=O)c1sc2nnccc2c1N. The summed E-state index contributed by atoms with van der Waals surface area (Å²) in [6.07, 6.45) is 1.50. The number of nitrogen functional groups attached to an aromatic ring is 1. The van der Waals surface area contributed by atoms with Crippen LogP contribution in [0.2, 0.25) is 0 Å². The van der Waals surface area contributed by atoms with Gasteiger partial charge in [-0.05, 0) is 6.07 Å². The highest BCUT2D eigenvalue weighted by Gasteiger charge is 2.17. The van der Waals surface area contributed by atoms with Gasteiger partial charge in [-0.25, -0.2) is 13.1 Å². The number of carbonyl (C=O) groups excluding carboxylic acids is 1. The van der Waals surface area contributed by atoms with Crippen molar-refractivity contribution in [3.8, 4) is 0 Å². The van der Waals surface area contributed by atoms with E-state index in [1.807, 2.05) is 0 Å². The third-order valence-corrected chi connectivity index (χ3v) is 5.22. The molecule has 2 rings (SSSR count). The lowest BCUT2D eigenvalue weighted by molar-refractivity contribution is 0.0961. The van der Waals surface area contributed by atoms with Crippen LogP contribution in [0.4, 0.5) is 5.69 Å². The molecule has 0 fully saturated rings. The fourth-order valence-electron chi connectivity index (χ4n) is 1.71. The maximum absolute atomic E-state index is 12.0.